The predicted octanol–water partition coefficient (Wildman–Crippen LogP) is 0.708. The number of hydrogen-bond acceptors (Lipinski definition) is 5. The fraction of sp³-hybridized carbons (Fsp3) is 0.500. The van der Waals surface area contributed by atoms with Crippen LogP contribution < -0.4 is 10.5 Å². The number of amides is 2. The fourth-order valence-electron chi connectivity index (χ4n) is 3.42. The summed E-state index contributed by atoms with van der Waals surface area (Å²) in [5.41, 5.74) is 6.12. The number of benzene rings is 1. The van der Waals surface area contributed by atoms with Crippen LogP contribution in [0, 0.1) is 5.92 Å². The van der Waals surface area contributed by atoms with Crippen molar-refractivity contribution >= 4 is 21.8 Å². The molecule has 130 valence electrons. The van der Waals surface area contributed by atoms with Gasteiger partial charge in [0.25, 0.3) is 11.8 Å². The summed E-state index contributed by atoms with van der Waals surface area (Å²) in [7, 11) is -2.39. The second kappa shape index (κ2) is 6.27. The van der Waals surface area contributed by atoms with E-state index in [-0.39, 0.29) is 28.0 Å². The first-order valence-corrected chi connectivity index (χ1v) is 9.52. The van der Waals surface area contributed by atoms with E-state index in [0.29, 0.717) is 6.54 Å². The van der Waals surface area contributed by atoms with Crippen molar-refractivity contribution in [2.24, 2.45) is 11.7 Å². The lowest BCUT2D eigenvalue weighted by Crippen LogP contribution is -2.44. The molecule has 2 aliphatic rings. The number of fused-ring (bicyclic) bond motifs is 1. The molecule has 3 rings (SSSR count). The highest BCUT2D eigenvalue weighted by atomic mass is 32.2. The first-order valence-electron chi connectivity index (χ1n) is 8.04. The quantitative estimate of drug-likeness (QED) is 0.776. The summed E-state index contributed by atoms with van der Waals surface area (Å²) in [6, 6.07) is 3.85. The Morgan fingerprint density at radius 3 is 2.54 bits per heavy atom. The Labute approximate surface area is 141 Å². The molecule has 2 atom stereocenters. The number of hydrogen-bond donors (Lipinski definition) is 2. The van der Waals surface area contributed by atoms with Gasteiger partial charge in [0, 0.05) is 13.1 Å². The van der Waals surface area contributed by atoms with Crippen molar-refractivity contribution in [2.75, 3.05) is 13.6 Å². The number of sulfonamides is 1. The third kappa shape index (κ3) is 2.85. The molecule has 7 nitrogen and oxygen atoms in total. The number of carbonyl (C=O) groups is 2. The molecule has 0 spiro atoms. The molecular formula is C16H21N3O4S. The van der Waals surface area contributed by atoms with Gasteiger partial charge in [-0.2, -0.15) is 0 Å². The summed E-state index contributed by atoms with van der Waals surface area (Å²) in [6.07, 6.45) is 3.69. The van der Waals surface area contributed by atoms with Gasteiger partial charge in [0.1, 0.15) is 0 Å². The fourth-order valence-corrected chi connectivity index (χ4v) is 4.78. The summed E-state index contributed by atoms with van der Waals surface area (Å²) in [5.74, 6) is -0.774. The van der Waals surface area contributed by atoms with Gasteiger partial charge in [-0.3, -0.25) is 14.5 Å². The Morgan fingerprint density at radius 2 is 1.83 bits per heavy atom. The van der Waals surface area contributed by atoms with Crippen molar-refractivity contribution in [1.29, 1.82) is 0 Å². The third-order valence-electron chi connectivity index (χ3n) is 4.89. The zero-order chi connectivity index (χ0) is 17.5. The average Bonchev–Trinajstić information content (AvgIpc) is 2.79. The second-order valence-corrected chi connectivity index (χ2v) is 8.10. The van der Waals surface area contributed by atoms with Gasteiger partial charge in [0.05, 0.1) is 16.0 Å². The number of carbonyl (C=O) groups excluding carboxylic acids is 2. The number of nitrogens with zero attached hydrogens (tertiary/aromatic N) is 1. The standard InChI is InChI=1S/C16H21N3O4S/c1-19-15(20)12-7-6-11(8-13(12)16(19)21)24(22,23)18-14-5-3-2-4-10(14)9-17/h6-8,10,14,18H,2-5,9,17H2,1H3. The highest BCUT2D eigenvalue weighted by molar-refractivity contribution is 7.89. The van der Waals surface area contributed by atoms with Crippen LogP contribution in [0.1, 0.15) is 46.4 Å². The monoisotopic (exact) mass is 351 g/mol. The van der Waals surface area contributed by atoms with Crippen LogP contribution in [0.2, 0.25) is 0 Å². The van der Waals surface area contributed by atoms with Crippen LogP contribution in [0.15, 0.2) is 23.1 Å². The van der Waals surface area contributed by atoms with E-state index in [4.69, 9.17) is 5.73 Å². The maximum atomic E-state index is 12.7. The van der Waals surface area contributed by atoms with Gasteiger partial charge in [0.2, 0.25) is 10.0 Å². The molecule has 1 aliphatic carbocycles. The van der Waals surface area contributed by atoms with E-state index in [1.54, 1.807) is 0 Å². The number of rotatable bonds is 4. The van der Waals surface area contributed by atoms with Crippen molar-refractivity contribution in [3.63, 3.8) is 0 Å². The van der Waals surface area contributed by atoms with Crippen LogP contribution in [0.4, 0.5) is 0 Å². The van der Waals surface area contributed by atoms with Crippen molar-refractivity contribution in [2.45, 2.75) is 36.6 Å². The molecule has 0 radical (unpaired) electrons. The van der Waals surface area contributed by atoms with Gasteiger partial charge in [-0.25, -0.2) is 13.1 Å². The van der Waals surface area contributed by atoms with Crippen LogP contribution in [0.3, 0.4) is 0 Å². The molecule has 0 bridgehead atoms. The van der Waals surface area contributed by atoms with Gasteiger partial charge < -0.3 is 5.73 Å². The summed E-state index contributed by atoms with van der Waals surface area (Å²) in [4.78, 5) is 24.9. The molecular weight excluding hydrogens is 330 g/mol. The lowest BCUT2D eigenvalue weighted by atomic mass is 9.85. The van der Waals surface area contributed by atoms with E-state index in [2.05, 4.69) is 4.72 Å². The molecule has 1 aromatic carbocycles. The maximum absolute atomic E-state index is 12.7. The molecule has 8 heteroatoms. The molecule has 2 amide bonds. The smallest absolute Gasteiger partial charge is 0.261 e. The normalized spacial score (nSPS) is 24.3. The molecule has 0 aromatic heterocycles. The van der Waals surface area contributed by atoms with Crippen LogP contribution in [-0.2, 0) is 10.0 Å². The summed E-state index contributed by atoms with van der Waals surface area (Å²) in [6.45, 7) is 0.440. The molecule has 0 saturated heterocycles. The zero-order valence-corrected chi connectivity index (χ0v) is 14.3. The first-order chi connectivity index (χ1) is 11.3. The predicted molar refractivity (Wildman–Crippen MR) is 88.0 cm³/mol. The summed E-state index contributed by atoms with van der Waals surface area (Å²) >= 11 is 0. The van der Waals surface area contributed by atoms with Crippen molar-refractivity contribution in [3.05, 3.63) is 29.3 Å². The van der Waals surface area contributed by atoms with E-state index >= 15 is 0 Å². The van der Waals surface area contributed by atoms with E-state index in [9.17, 15) is 18.0 Å². The Hall–Kier alpha value is -1.77. The van der Waals surface area contributed by atoms with Gasteiger partial charge >= 0.3 is 0 Å². The third-order valence-corrected chi connectivity index (χ3v) is 6.38. The van der Waals surface area contributed by atoms with E-state index in [1.807, 2.05) is 0 Å². The maximum Gasteiger partial charge on any atom is 0.261 e. The van der Waals surface area contributed by atoms with E-state index in [1.165, 1.54) is 25.2 Å². The Bertz CT molecular complexity index is 791. The summed E-state index contributed by atoms with van der Waals surface area (Å²) in [5, 5.41) is 0. The Kier molecular flexibility index (Phi) is 4.46. The molecule has 3 N–H and O–H groups in total. The van der Waals surface area contributed by atoms with Crippen LogP contribution >= 0.6 is 0 Å². The lowest BCUT2D eigenvalue weighted by molar-refractivity contribution is 0.0693. The SMILES string of the molecule is CN1C(=O)c2ccc(S(=O)(=O)NC3CCCCC3CN)cc2C1=O. The first kappa shape index (κ1) is 17.1. The second-order valence-electron chi connectivity index (χ2n) is 6.38. The van der Waals surface area contributed by atoms with Crippen LogP contribution in [0.25, 0.3) is 0 Å². The lowest BCUT2D eigenvalue weighted by Gasteiger charge is -2.31. The van der Waals surface area contributed by atoms with E-state index < -0.39 is 21.8 Å². The summed E-state index contributed by atoms with van der Waals surface area (Å²) < 4.78 is 28.1. The highest BCUT2D eigenvalue weighted by Gasteiger charge is 2.35. The highest BCUT2D eigenvalue weighted by Crippen LogP contribution is 2.27. The molecule has 1 fully saturated rings. The number of nitrogens with one attached hydrogen (secondary N) is 1. The Morgan fingerprint density at radius 1 is 1.17 bits per heavy atom. The minimum atomic E-state index is -3.77. The zero-order valence-electron chi connectivity index (χ0n) is 13.5. The van der Waals surface area contributed by atoms with Crippen LogP contribution in [0.5, 0.6) is 0 Å². The van der Waals surface area contributed by atoms with Crippen molar-refractivity contribution < 1.29 is 18.0 Å². The number of nitrogens with two attached hydrogens (primary N) is 1. The molecule has 1 aromatic rings. The molecule has 1 saturated carbocycles. The van der Waals surface area contributed by atoms with Crippen LogP contribution in [-0.4, -0.2) is 44.8 Å². The minimum Gasteiger partial charge on any atom is -0.330 e. The topological polar surface area (TPSA) is 110 Å². The van der Waals surface area contributed by atoms with E-state index in [0.717, 1.165) is 30.6 Å². The molecule has 2 unspecified atom stereocenters. The number of imide groups is 1. The van der Waals surface area contributed by atoms with Crippen molar-refractivity contribution in [1.82, 2.24) is 9.62 Å². The largest absolute Gasteiger partial charge is 0.330 e. The molecule has 1 aliphatic heterocycles. The minimum absolute atomic E-state index is 0.000884. The average molecular weight is 351 g/mol. The van der Waals surface area contributed by atoms with Gasteiger partial charge in [-0.05, 0) is 43.5 Å². The van der Waals surface area contributed by atoms with Gasteiger partial charge in [-0.15, -0.1) is 0 Å². The van der Waals surface area contributed by atoms with Crippen molar-refractivity contribution in [3.8, 4) is 0 Å². The molecule has 1 heterocycles. The molecule has 24 heavy (non-hydrogen) atoms. The van der Waals surface area contributed by atoms with Gasteiger partial charge in [0.15, 0.2) is 0 Å². The Balaban J connectivity index is 1.89. The van der Waals surface area contributed by atoms with Gasteiger partial charge in [-0.1, -0.05) is 12.8 Å².